The highest BCUT2D eigenvalue weighted by molar-refractivity contribution is 5.94. The van der Waals surface area contributed by atoms with Gasteiger partial charge in [0.2, 0.25) is 0 Å². The van der Waals surface area contributed by atoms with E-state index in [1.807, 2.05) is 61.5 Å². The number of carbonyl (C=O) groups is 1. The molecule has 2 aromatic carbocycles. The fourth-order valence-corrected chi connectivity index (χ4v) is 2.41. The van der Waals surface area contributed by atoms with Gasteiger partial charge in [-0.2, -0.15) is 0 Å². The summed E-state index contributed by atoms with van der Waals surface area (Å²) in [5.74, 6) is -0.0516. The molecular weight excluding hydrogens is 274 g/mol. The summed E-state index contributed by atoms with van der Waals surface area (Å²) in [6, 6.07) is 17.7. The molecule has 0 aliphatic rings. The summed E-state index contributed by atoms with van der Waals surface area (Å²) in [5, 5.41) is 9.91. The lowest BCUT2D eigenvalue weighted by Crippen LogP contribution is -2.42. The number of hydrogen-bond acceptors (Lipinski definition) is 2. The van der Waals surface area contributed by atoms with Crippen molar-refractivity contribution in [3.8, 4) is 11.1 Å². The van der Waals surface area contributed by atoms with Gasteiger partial charge < -0.3 is 10.0 Å². The Labute approximate surface area is 132 Å². The number of amides is 1. The zero-order valence-corrected chi connectivity index (χ0v) is 13.4. The van der Waals surface area contributed by atoms with Crippen molar-refractivity contribution in [1.82, 2.24) is 4.90 Å². The number of nitrogens with zero attached hydrogens (tertiary/aromatic N) is 1. The highest BCUT2D eigenvalue weighted by atomic mass is 16.3. The van der Waals surface area contributed by atoms with Gasteiger partial charge in [-0.3, -0.25) is 4.79 Å². The van der Waals surface area contributed by atoms with Crippen LogP contribution in [0.2, 0.25) is 0 Å². The molecule has 116 valence electrons. The van der Waals surface area contributed by atoms with Gasteiger partial charge in [0.25, 0.3) is 5.91 Å². The molecule has 22 heavy (non-hydrogen) atoms. The van der Waals surface area contributed by atoms with Crippen molar-refractivity contribution in [3.05, 3.63) is 60.2 Å². The van der Waals surface area contributed by atoms with Crippen molar-refractivity contribution in [3.63, 3.8) is 0 Å². The van der Waals surface area contributed by atoms with Crippen LogP contribution in [0.25, 0.3) is 11.1 Å². The highest BCUT2D eigenvalue weighted by Gasteiger charge is 2.22. The van der Waals surface area contributed by atoms with Gasteiger partial charge in [-0.1, -0.05) is 42.5 Å². The number of carbonyl (C=O) groups excluding carboxylic acids is 1. The van der Waals surface area contributed by atoms with Gasteiger partial charge >= 0.3 is 0 Å². The van der Waals surface area contributed by atoms with Crippen LogP contribution >= 0.6 is 0 Å². The minimum absolute atomic E-state index is 0.0516. The molecular formula is C19H23NO2. The average Bonchev–Trinajstić information content (AvgIpc) is 2.52. The molecule has 3 heteroatoms. The second-order valence-electron chi connectivity index (χ2n) is 6.08. The minimum Gasteiger partial charge on any atom is -0.389 e. The predicted octanol–water partition coefficient (Wildman–Crippen LogP) is 3.59. The number of benzene rings is 2. The fraction of sp³-hybridized carbons (Fsp3) is 0.316. The Morgan fingerprint density at radius 3 is 2.05 bits per heavy atom. The minimum atomic E-state index is -0.893. The fourth-order valence-electron chi connectivity index (χ4n) is 2.41. The van der Waals surface area contributed by atoms with Gasteiger partial charge in [0.05, 0.1) is 5.60 Å². The van der Waals surface area contributed by atoms with Crippen molar-refractivity contribution in [2.24, 2.45) is 0 Å². The molecule has 0 atom stereocenters. The molecule has 0 aliphatic carbocycles. The first kappa shape index (κ1) is 16.2. The standard InChI is InChI=1S/C19H23NO2/c1-4-20(14-19(2,3)22)18(21)17-12-10-16(11-13-17)15-8-6-5-7-9-15/h5-13,22H,4,14H2,1-3H3. The predicted molar refractivity (Wildman–Crippen MR) is 89.8 cm³/mol. The Hall–Kier alpha value is -2.13. The summed E-state index contributed by atoms with van der Waals surface area (Å²) in [7, 11) is 0. The normalized spacial score (nSPS) is 11.3. The largest absolute Gasteiger partial charge is 0.389 e. The van der Waals surface area contributed by atoms with Crippen molar-refractivity contribution < 1.29 is 9.90 Å². The molecule has 0 aliphatic heterocycles. The van der Waals surface area contributed by atoms with Gasteiger partial charge in [-0.05, 0) is 44.0 Å². The zero-order valence-electron chi connectivity index (χ0n) is 13.4. The first-order valence-corrected chi connectivity index (χ1v) is 7.58. The third-order valence-electron chi connectivity index (χ3n) is 3.49. The monoisotopic (exact) mass is 297 g/mol. The van der Waals surface area contributed by atoms with E-state index >= 15 is 0 Å². The molecule has 0 heterocycles. The van der Waals surface area contributed by atoms with Gasteiger partial charge in [0, 0.05) is 18.7 Å². The van der Waals surface area contributed by atoms with Crippen molar-refractivity contribution in [1.29, 1.82) is 0 Å². The average molecular weight is 297 g/mol. The summed E-state index contributed by atoms with van der Waals surface area (Å²) in [5.41, 5.74) is 1.97. The van der Waals surface area contributed by atoms with E-state index in [0.29, 0.717) is 18.7 Å². The van der Waals surface area contributed by atoms with Crippen LogP contribution < -0.4 is 0 Å². The Kier molecular flexibility index (Phi) is 4.99. The molecule has 0 radical (unpaired) electrons. The number of hydrogen-bond donors (Lipinski definition) is 1. The van der Waals surface area contributed by atoms with Crippen LogP contribution in [0.15, 0.2) is 54.6 Å². The molecule has 0 aromatic heterocycles. The lowest BCUT2D eigenvalue weighted by atomic mass is 10.0. The first-order chi connectivity index (χ1) is 10.4. The van der Waals surface area contributed by atoms with E-state index < -0.39 is 5.60 Å². The van der Waals surface area contributed by atoms with E-state index in [9.17, 15) is 9.90 Å². The van der Waals surface area contributed by atoms with Crippen LogP contribution in [0.4, 0.5) is 0 Å². The third kappa shape index (κ3) is 4.18. The van der Waals surface area contributed by atoms with Gasteiger partial charge in [0.15, 0.2) is 0 Å². The number of likely N-dealkylation sites (N-methyl/N-ethyl adjacent to an activating group) is 1. The summed E-state index contributed by atoms with van der Waals surface area (Å²) in [6.07, 6.45) is 0. The third-order valence-corrected chi connectivity index (χ3v) is 3.49. The van der Waals surface area contributed by atoms with Gasteiger partial charge in [-0.15, -0.1) is 0 Å². The molecule has 0 bridgehead atoms. The SMILES string of the molecule is CCN(CC(C)(C)O)C(=O)c1ccc(-c2ccccc2)cc1. The molecule has 3 nitrogen and oxygen atoms in total. The number of aliphatic hydroxyl groups is 1. The van der Waals surface area contributed by atoms with Crippen molar-refractivity contribution >= 4 is 5.91 Å². The second kappa shape index (κ2) is 6.75. The van der Waals surface area contributed by atoms with Crippen LogP contribution in [0.5, 0.6) is 0 Å². The molecule has 0 saturated heterocycles. The van der Waals surface area contributed by atoms with Gasteiger partial charge in [0.1, 0.15) is 0 Å². The Morgan fingerprint density at radius 2 is 1.55 bits per heavy atom. The quantitative estimate of drug-likeness (QED) is 0.916. The highest BCUT2D eigenvalue weighted by Crippen LogP contribution is 2.20. The summed E-state index contributed by atoms with van der Waals surface area (Å²) >= 11 is 0. The summed E-state index contributed by atoms with van der Waals surface area (Å²) in [4.78, 5) is 14.2. The molecule has 0 spiro atoms. The molecule has 2 aromatic rings. The van der Waals surface area contributed by atoms with E-state index in [1.54, 1.807) is 18.7 Å². The van der Waals surface area contributed by atoms with Crippen LogP contribution in [0.3, 0.4) is 0 Å². The van der Waals surface area contributed by atoms with Gasteiger partial charge in [-0.25, -0.2) is 0 Å². The van der Waals surface area contributed by atoms with E-state index in [2.05, 4.69) is 0 Å². The second-order valence-corrected chi connectivity index (χ2v) is 6.08. The topological polar surface area (TPSA) is 40.5 Å². The molecule has 1 amide bonds. The van der Waals surface area contributed by atoms with Crippen LogP contribution in [-0.4, -0.2) is 34.6 Å². The van der Waals surface area contributed by atoms with Crippen LogP contribution in [0, 0.1) is 0 Å². The molecule has 0 unspecified atom stereocenters. The Morgan fingerprint density at radius 1 is 1.00 bits per heavy atom. The summed E-state index contributed by atoms with van der Waals surface area (Å²) in [6.45, 7) is 6.23. The maximum Gasteiger partial charge on any atom is 0.253 e. The molecule has 0 fully saturated rings. The van der Waals surface area contributed by atoms with Crippen LogP contribution in [0.1, 0.15) is 31.1 Å². The van der Waals surface area contributed by atoms with Crippen molar-refractivity contribution in [2.45, 2.75) is 26.4 Å². The molecule has 0 saturated carbocycles. The van der Waals surface area contributed by atoms with E-state index in [0.717, 1.165) is 11.1 Å². The molecule has 2 rings (SSSR count). The summed E-state index contributed by atoms with van der Waals surface area (Å²) < 4.78 is 0. The van der Waals surface area contributed by atoms with E-state index in [1.165, 1.54) is 0 Å². The number of rotatable bonds is 5. The Bertz CT molecular complexity index is 612. The van der Waals surface area contributed by atoms with Crippen molar-refractivity contribution in [2.75, 3.05) is 13.1 Å². The van der Waals surface area contributed by atoms with E-state index in [-0.39, 0.29) is 5.91 Å². The van der Waals surface area contributed by atoms with E-state index in [4.69, 9.17) is 0 Å². The zero-order chi connectivity index (χ0) is 16.2. The maximum atomic E-state index is 12.5. The van der Waals surface area contributed by atoms with Crippen LogP contribution in [-0.2, 0) is 0 Å². The Balaban J connectivity index is 2.17. The maximum absolute atomic E-state index is 12.5. The molecule has 1 N–H and O–H groups in total. The lowest BCUT2D eigenvalue weighted by Gasteiger charge is -2.28. The first-order valence-electron chi connectivity index (χ1n) is 7.58. The smallest absolute Gasteiger partial charge is 0.253 e. The lowest BCUT2D eigenvalue weighted by molar-refractivity contribution is 0.0314.